The van der Waals surface area contributed by atoms with Crippen LogP contribution in [0.15, 0.2) is 72.6 Å². The minimum atomic E-state index is 0.0559. The van der Waals surface area contributed by atoms with Crippen LogP contribution in [0, 0.1) is 41.5 Å². The van der Waals surface area contributed by atoms with Crippen molar-refractivity contribution >= 4 is 22.5 Å². The van der Waals surface area contributed by atoms with Crippen LogP contribution in [0.3, 0.4) is 0 Å². The Labute approximate surface area is 210 Å². The SMILES string of the molecule is CC1=C/C(=C(/C)C2N(c3c(C)cc(C)cc3C)C=CN2c2c(C)cc(C)cc2C)c2ccccc21. The Morgan fingerprint density at radius 3 is 1.51 bits per heavy atom. The van der Waals surface area contributed by atoms with Crippen LogP contribution >= 0.6 is 0 Å². The zero-order valence-electron chi connectivity index (χ0n) is 22.3. The summed E-state index contributed by atoms with van der Waals surface area (Å²) in [4.78, 5) is 4.96. The second kappa shape index (κ2) is 8.61. The third-order valence-corrected chi connectivity index (χ3v) is 7.52. The van der Waals surface area contributed by atoms with Gasteiger partial charge in [0.05, 0.1) is 0 Å². The predicted molar refractivity (Wildman–Crippen MR) is 152 cm³/mol. The molecule has 1 aliphatic carbocycles. The zero-order valence-corrected chi connectivity index (χ0v) is 22.3. The Kier molecular flexibility index (Phi) is 5.71. The molecule has 0 amide bonds. The zero-order chi connectivity index (χ0) is 25.0. The molecule has 178 valence electrons. The lowest BCUT2D eigenvalue weighted by Crippen LogP contribution is -2.41. The smallest absolute Gasteiger partial charge is 0.132 e. The molecule has 2 heteroatoms. The van der Waals surface area contributed by atoms with E-state index in [-0.39, 0.29) is 6.17 Å². The number of allylic oxidation sites excluding steroid dienone is 3. The van der Waals surface area contributed by atoms with Crippen LogP contribution in [0.2, 0.25) is 0 Å². The number of nitrogens with zero attached hydrogens (tertiary/aromatic N) is 2. The van der Waals surface area contributed by atoms with Gasteiger partial charge in [0.15, 0.2) is 0 Å². The lowest BCUT2D eigenvalue weighted by Gasteiger charge is -2.37. The first-order chi connectivity index (χ1) is 16.7. The van der Waals surface area contributed by atoms with E-state index in [2.05, 4.69) is 132 Å². The normalized spacial score (nSPS) is 16.7. The third-order valence-electron chi connectivity index (χ3n) is 7.52. The lowest BCUT2D eigenvalue weighted by atomic mass is 9.96. The van der Waals surface area contributed by atoms with Gasteiger partial charge in [-0.2, -0.15) is 0 Å². The van der Waals surface area contributed by atoms with Crippen LogP contribution in [0.5, 0.6) is 0 Å². The average Bonchev–Trinajstić information content (AvgIpc) is 3.34. The van der Waals surface area contributed by atoms with Crippen molar-refractivity contribution in [1.29, 1.82) is 0 Å². The van der Waals surface area contributed by atoms with Crippen molar-refractivity contribution in [2.24, 2.45) is 0 Å². The van der Waals surface area contributed by atoms with E-state index < -0.39 is 0 Å². The molecule has 0 fully saturated rings. The molecule has 0 bridgehead atoms. The molecular formula is C33H36N2. The van der Waals surface area contributed by atoms with Gasteiger partial charge in [0, 0.05) is 23.8 Å². The van der Waals surface area contributed by atoms with E-state index in [1.54, 1.807) is 0 Å². The largest absolute Gasteiger partial charge is 0.321 e. The number of rotatable bonds is 3. The van der Waals surface area contributed by atoms with Gasteiger partial charge in [-0.3, -0.25) is 0 Å². The summed E-state index contributed by atoms with van der Waals surface area (Å²) in [5.41, 5.74) is 17.2. The van der Waals surface area contributed by atoms with E-state index in [0.717, 1.165) is 0 Å². The van der Waals surface area contributed by atoms with Gasteiger partial charge in [-0.1, -0.05) is 65.7 Å². The lowest BCUT2D eigenvalue weighted by molar-refractivity contribution is 0.769. The molecule has 0 aromatic heterocycles. The minimum Gasteiger partial charge on any atom is -0.321 e. The number of benzene rings is 3. The highest BCUT2D eigenvalue weighted by atomic mass is 15.4. The number of hydrogen-bond donors (Lipinski definition) is 0. The van der Waals surface area contributed by atoms with E-state index in [4.69, 9.17) is 0 Å². The summed E-state index contributed by atoms with van der Waals surface area (Å²) >= 11 is 0. The van der Waals surface area contributed by atoms with Gasteiger partial charge in [-0.15, -0.1) is 0 Å². The van der Waals surface area contributed by atoms with Crippen LogP contribution in [-0.4, -0.2) is 6.17 Å². The van der Waals surface area contributed by atoms with Crippen molar-refractivity contribution in [3.05, 3.63) is 117 Å². The summed E-state index contributed by atoms with van der Waals surface area (Å²) in [5.74, 6) is 0. The summed E-state index contributed by atoms with van der Waals surface area (Å²) in [6, 6.07) is 18.0. The molecule has 0 radical (unpaired) electrons. The number of fused-ring (bicyclic) bond motifs is 1. The molecule has 0 atom stereocenters. The Morgan fingerprint density at radius 2 is 1.06 bits per heavy atom. The van der Waals surface area contributed by atoms with Crippen molar-refractivity contribution in [3.8, 4) is 0 Å². The van der Waals surface area contributed by atoms with E-state index >= 15 is 0 Å². The van der Waals surface area contributed by atoms with Crippen LogP contribution in [0.4, 0.5) is 11.4 Å². The predicted octanol–water partition coefficient (Wildman–Crippen LogP) is 8.55. The van der Waals surface area contributed by atoms with Crippen molar-refractivity contribution in [1.82, 2.24) is 0 Å². The second-order valence-corrected chi connectivity index (χ2v) is 10.5. The van der Waals surface area contributed by atoms with Gasteiger partial charge in [0.1, 0.15) is 6.17 Å². The number of aryl methyl sites for hydroxylation is 6. The van der Waals surface area contributed by atoms with Gasteiger partial charge in [0.25, 0.3) is 0 Å². The van der Waals surface area contributed by atoms with Crippen molar-refractivity contribution in [2.75, 3.05) is 9.80 Å². The van der Waals surface area contributed by atoms with E-state index in [9.17, 15) is 0 Å². The van der Waals surface area contributed by atoms with E-state index in [1.807, 2.05) is 0 Å². The van der Waals surface area contributed by atoms with Gasteiger partial charge < -0.3 is 9.80 Å². The molecule has 0 spiro atoms. The van der Waals surface area contributed by atoms with Crippen LogP contribution in [0.1, 0.15) is 58.4 Å². The van der Waals surface area contributed by atoms with Gasteiger partial charge in [-0.25, -0.2) is 0 Å². The summed E-state index contributed by atoms with van der Waals surface area (Å²) < 4.78 is 0. The highest BCUT2D eigenvalue weighted by molar-refractivity contribution is 5.97. The molecule has 0 saturated carbocycles. The Balaban J connectivity index is 1.74. The van der Waals surface area contributed by atoms with Crippen LogP contribution in [0.25, 0.3) is 11.1 Å². The Hall–Kier alpha value is -3.52. The van der Waals surface area contributed by atoms with E-state index in [1.165, 1.54) is 72.6 Å². The summed E-state index contributed by atoms with van der Waals surface area (Å²) in [6.07, 6.45) is 6.98. The van der Waals surface area contributed by atoms with Crippen molar-refractivity contribution in [3.63, 3.8) is 0 Å². The Morgan fingerprint density at radius 1 is 0.629 bits per heavy atom. The average molecular weight is 461 g/mol. The molecule has 35 heavy (non-hydrogen) atoms. The molecule has 3 aromatic carbocycles. The maximum atomic E-state index is 2.48. The molecule has 2 nitrogen and oxygen atoms in total. The topological polar surface area (TPSA) is 6.48 Å². The fourth-order valence-electron chi connectivity index (χ4n) is 6.31. The first-order valence-corrected chi connectivity index (χ1v) is 12.6. The number of anilines is 2. The van der Waals surface area contributed by atoms with E-state index in [0.29, 0.717) is 0 Å². The first-order valence-electron chi connectivity index (χ1n) is 12.6. The second-order valence-electron chi connectivity index (χ2n) is 10.5. The summed E-state index contributed by atoms with van der Waals surface area (Å²) in [5, 5.41) is 0. The van der Waals surface area contributed by atoms with Crippen LogP contribution < -0.4 is 9.80 Å². The highest BCUT2D eigenvalue weighted by Gasteiger charge is 2.35. The van der Waals surface area contributed by atoms with Crippen molar-refractivity contribution < 1.29 is 0 Å². The molecule has 1 aliphatic heterocycles. The molecule has 2 aliphatic rings. The summed E-state index contributed by atoms with van der Waals surface area (Å²) in [7, 11) is 0. The maximum absolute atomic E-state index is 2.48. The standard InChI is InChI=1S/C33H36N2/c1-20-15-23(4)31(24(5)16-20)34-13-14-35(32-25(6)17-21(2)18-26(32)7)33(34)27(8)30-19-22(3)28-11-9-10-12-29(28)30/h9-19,33H,1-8H3/b30-27+. The van der Waals surface area contributed by atoms with Crippen LogP contribution in [-0.2, 0) is 0 Å². The molecule has 0 unspecified atom stereocenters. The molecule has 1 heterocycles. The molecule has 0 saturated heterocycles. The summed E-state index contributed by atoms with van der Waals surface area (Å²) in [6.45, 7) is 17.9. The van der Waals surface area contributed by atoms with Crippen molar-refractivity contribution in [2.45, 2.75) is 61.6 Å². The van der Waals surface area contributed by atoms with Gasteiger partial charge in [0.2, 0.25) is 0 Å². The minimum absolute atomic E-state index is 0.0559. The highest BCUT2D eigenvalue weighted by Crippen LogP contribution is 2.43. The molecule has 0 N–H and O–H groups in total. The van der Waals surface area contributed by atoms with Gasteiger partial charge in [-0.05, 0) is 105 Å². The third kappa shape index (κ3) is 3.82. The quantitative estimate of drug-likeness (QED) is 0.386. The molecule has 5 rings (SSSR count). The molecular weight excluding hydrogens is 424 g/mol. The maximum Gasteiger partial charge on any atom is 0.132 e. The number of hydrogen-bond acceptors (Lipinski definition) is 2. The first kappa shape index (κ1) is 23.2. The Bertz CT molecular complexity index is 1320. The fraction of sp³-hybridized carbons (Fsp3) is 0.273. The fourth-order valence-corrected chi connectivity index (χ4v) is 6.31. The van der Waals surface area contributed by atoms with Gasteiger partial charge >= 0.3 is 0 Å². The molecule has 3 aromatic rings. The monoisotopic (exact) mass is 460 g/mol.